The number of amides is 2. The number of likely N-dealkylation sites (tertiary alicyclic amines) is 1. The molecule has 7 nitrogen and oxygen atoms in total. The van der Waals surface area contributed by atoms with Crippen molar-refractivity contribution in [3.05, 3.63) is 60.0 Å². The second-order valence-electron chi connectivity index (χ2n) is 7.99. The van der Waals surface area contributed by atoms with Crippen LogP contribution in [0.25, 0.3) is 10.4 Å². The van der Waals surface area contributed by atoms with E-state index in [4.69, 9.17) is 0 Å². The molecule has 1 atom stereocenters. The Kier molecular flexibility index (Phi) is 5.67. The van der Waals surface area contributed by atoms with E-state index in [0.717, 1.165) is 11.1 Å². The molecule has 3 aromatic rings. The number of benzene rings is 1. The maximum atomic E-state index is 13.2. The van der Waals surface area contributed by atoms with Gasteiger partial charge in [-0.1, -0.05) is 30.3 Å². The topological polar surface area (TPSA) is 71.3 Å². The summed E-state index contributed by atoms with van der Waals surface area (Å²) in [5.41, 5.74) is 1.66. The first-order valence-electron chi connectivity index (χ1n) is 9.92. The van der Waals surface area contributed by atoms with Crippen molar-refractivity contribution in [2.45, 2.75) is 19.4 Å². The maximum absolute atomic E-state index is 13.2. The molecule has 1 aliphatic heterocycles. The van der Waals surface area contributed by atoms with Gasteiger partial charge in [-0.05, 0) is 35.4 Å². The molecule has 0 N–H and O–H groups in total. The molecular weight excluding hydrogens is 398 g/mol. The van der Waals surface area contributed by atoms with Crippen LogP contribution in [-0.2, 0) is 22.6 Å². The highest BCUT2D eigenvalue weighted by Crippen LogP contribution is 2.37. The molecule has 156 valence electrons. The molecule has 1 aliphatic rings. The van der Waals surface area contributed by atoms with Gasteiger partial charge < -0.3 is 9.80 Å². The highest BCUT2D eigenvalue weighted by atomic mass is 32.1. The largest absolute Gasteiger partial charge is 0.348 e. The Morgan fingerprint density at radius 3 is 2.80 bits per heavy atom. The number of hydrogen-bond donors (Lipinski definition) is 0. The fourth-order valence-corrected chi connectivity index (χ4v) is 4.90. The first kappa shape index (κ1) is 20.3. The summed E-state index contributed by atoms with van der Waals surface area (Å²) >= 11 is 1.70. The Hall–Kier alpha value is -3.00. The first-order chi connectivity index (χ1) is 14.5. The molecule has 0 aliphatic carbocycles. The van der Waals surface area contributed by atoms with Gasteiger partial charge in [0.1, 0.15) is 19.2 Å². The molecule has 0 bridgehead atoms. The summed E-state index contributed by atoms with van der Waals surface area (Å²) in [6, 6.07) is 12.5. The average molecular weight is 424 g/mol. The van der Waals surface area contributed by atoms with Crippen molar-refractivity contribution in [3.63, 3.8) is 0 Å². The monoisotopic (exact) mass is 423 g/mol. The zero-order valence-electron chi connectivity index (χ0n) is 17.2. The minimum absolute atomic E-state index is 0.0405. The number of nitrogens with zero attached hydrogens (tertiary/aromatic N) is 5. The molecule has 0 spiro atoms. The summed E-state index contributed by atoms with van der Waals surface area (Å²) in [5.74, 6) is 0.0290. The molecule has 4 rings (SSSR count). The van der Waals surface area contributed by atoms with E-state index in [1.807, 2.05) is 12.1 Å². The fourth-order valence-electron chi connectivity index (χ4n) is 4.18. The molecule has 1 aromatic carbocycles. The van der Waals surface area contributed by atoms with Gasteiger partial charge in [0.2, 0.25) is 11.8 Å². The fraction of sp³-hybridized carbons (Fsp3) is 0.364. The highest BCUT2D eigenvalue weighted by molar-refractivity contribution is 7.13. The summed E-state index contributed by atoms with van der Waals surface area (Å²) in [7, 11) is 3.57. The van der Waals surface area contributed by atoms with E-state index in [1.165, 1.54) is 22.2 Å². The Morgan fingerprint density at radius 2 is 2.10 bits per heavy atom. The molecule has 2 aromatic heterocycles. The van der Waals surface area contributed by atoms with Crippen LogP contribution in [0.5, 0.6) is 0 Å². The Labute approximate surface area is 179 Å². The van der Waals surface area contributed by atoms with Gasteiger partial charge in [-0.3, -0.25) is 9.59 Å². The Balaban J connectivity index is 1.56. The summed E-state index contributed by atoms with van der Waals surface area (Å²) in [4.78, 5) is 34.5. The standard InChI is InChI=1S/C22H25N5O2S/c1-25(2)21(29)22(8-9-26(14-22)20(28)13-27-16-23-15-24-27)12-17-5-3-6-18(11-17)19-7-4-10-30-19/h3-7,10-11,15-16H,8-9,12-14H2,1-2H3. The van der Waals surface area contributed by atoms with E-state index in [-0.39, 0.29) is 18.4 Å². The maximum Gasteiger partial charge on any atom is 0.244 e. The molecular formula is C22H25N5O2S. The van der Waals surface area contributed by atoms with Crippen LogP contribution < -0.4 is 0 Å². The lowest BCUT2D eigenvalue weighted by Crippen LogP contribution is -2.45. The lowest BCUT2D eigenvalue weighted by molar-refractivity contribution is -0.139. The van der Waals surface area contributed by atoms with Crippen molar-refractivity contribution >= 4 is 23.2 Å². The van der Waals surface area contributed by atoms with Gasteiger partial charge in [0.05, 0.1) is 5.41 Å². The van der Waals surface area contributed by atoms with Crippen molar-refractivity contribution in [3.8, 4) is 10.4 Å². The van der Waals surface area contributed by atoms with E-state index in [1.54, 1.807) is 35.2 Å². The number of rotatable bonds is 6. The SMILES string of the molecule is CN(C)C(=O)C1(Cc2cccc(-c3cccs3)c2)CCN(C(=O)Cn2cncn2)C1. The summed E-state index contributed by atoms with van der Waals surface area (Å²) in [5, 5.41) is 6.08. The summed E-state index contributed by atoms with van der Waals surface area (Å²) < 4.78 is 1.51. The number of carbonyl (C=O) groups excluding carboxylic acids is 2. The highest BCUT2D eigenvalue weighted by Gasteiger charge is 2.46. The molecule has 8 heteroatoms. The van der Waals surface area contributed by atoms with E-state index < -0.39 is 5.41 Å². The lowest BCUT2D eigenvalue weighted by Gasteiger charge is -2.31. The predicted octanol–water partition coefficient (Wildman–Crippen LogP) is 2.56. The van der Waals surface area contributed by atoms with Crippen LogP contribution in [0.3, 0.4) is 0 Å². The van der Waals surface area contributed by atoms with E-state index in [0.29, 0.717) is 25.9 Å². The van der Waals surface area contributed by atoms with Crippen molar-refractivity contribution in [2.75, 3.05) is 27.2 Å². The third kappa shape index (κ3) is 4.14. The molecule has 3 heterocycles. The van der Waals surface area contributed by atoms with Gasteiger partial charge >= 0.3 is 0 Å². The minimum atomic E-state index is -0.615. The average Bonchev–Trinajstić information content (AvgIpc) is 3.50. The number of thiophene rings is 1. The molecule has 1 fully saturated rings. The molecule has 0 radical (unpaired) electrons. The third-order valence-corrected chi connectivity index (χ3v) is 6.52. The molecule has 30 heavy (non-hydrogen) atoms. The van der Waals surface area contributed by atoms with Crippen LogP contribution in [0.15, 0.2) is 54.4 Å². The number of carbonyl (C=O) groups is 2. The van der Waals surface area contributed by atoms with Crippen LogP contribution >= 0.6 is 11.3 Å². The van der Waals surface area contributed by atoms with Crippen molar-refractivity contribution < 1.29 is 9.59 Å². The zero-order valence-corrected chi connectivity index (χ0v) is 18.0. The summed E-state index contributed by atoms with van der Waals surface area (Å²) in [6.45, 7) is 1.12. The van der Waals surface area contributed by atoms with Crippen molar-refractivity contribution in [1.82, 2.24) is 24.6 Å². The predicted molar refractivity (Wildman–Crippen MR) is 116 cm³/mol. The smallest absolute Gasteiger partial charge is 0.244 e. The number of hydrogen-bond acceptors (Lipinski definition) is 5. The molecule has 1 saturated heterocycles. The lowest BCUT2D eigenvalue weighted by atomic mass is 9.79. The third-order valence-electron chi connectivity index (χ3n) is 5.61. The van der Waals surface area contributed by atoms with E-state index in [9.17, 15) is 9.59 Å². The van der Waals surface area contributed by atoms with E-state index >= 15 is 0 Å². The van der Waals surface area contributed by atoms with Gasteiger partial charge in [-0.15, -0.1) is 11.3 Å². The normalized spacial score (nSPS) is 18.5. The van der Waals surface area contributed by atoms with Crippen molar-refractivity contribution in [2.24, 2.45) is 5.41 Å². The minimum Gasteiger partial charge on any atom is -0.348 e. The first-order valence-corrected chi connectivity index (χ1v) is 10.8. The second kappa shape index (κ2) is 8.39. The van der Waals surface area contributed by atoms with E-state index in [2.05, 4.69) is 39.7 Å². The molecule has 1 unspecified atom stereocenters. The van der Waals surface area contributed by atoms with Gasteiger partial charge in [0, 0.05) is 32.1 Å². The van der Waals surface area contributed by atoms with Crippen LogP contribution in [0.4, 0.5) is 0 Å². The van der Waals surface area contributed by atoms with Gasteiger partial charge in [0.15, 0.2) is 0 Å². The Morgan fingerprint density at radius 1 is 1.23 bits per heavy atom. The quantitative estimate of drug-likeness (QED) is 0.611. The van der Waals surface area contributed by atoms with Crippen LogP contribution in [0.2, 0.25) is 0 Å². The van der Waals surface area contributed by atoms with Crippen LogP contribution in [-0.4, -0.2) is 63.6 Å². The molecule has 2 amide bonds. The molecule has 0 saturated carbocycles. The van der Waals surface area contributed by atoms with Crippen LogP contribution in [0, 0.1) is 5.41 Å². The number of aromatic nitrogens is 3. The van der Waals surface area contributed by atoms with Crippen molar-refractivity contribution in [1.29, 1.82) is 0 Å². The van der Waals surface area contributed by atoms with Gasteiger partial charge in [0.25, 0.3) is 0 Å². The van der Waals surface area contributed by atoms with Gasteiger partial charge in [-0.25, -0.2) is 9.67 Å². The summed E-state index contributed by atoms with van der Waals surface area (Å²) in [6.07, 6.45) is 4.20. The second-order valence-corrected chi connectivity index (χ2v) is 8.94. The Bertz CT molecular complexity index is 1020. The zero-order chi connectivity index (χ0) is 21.1. The van der Waals surface area contributed by atoms with Crippen LogP contribution in [0.1, 0.15) is 12.0 Å². The van der Waals surface area contributed by atoms with Gasteiger partial charge in [-0.2, -0.15) is 5.10 Å².